The minimum absolute atomic E-state index is 0.150. The molecule has 30 heavy (non-hydrogen) atoms. The molecule has 1 N–H and O–H groups in total. The maximum absolute atomic E-state index is 13.2. The summed E-state index contributed by atoms with van der Waals surface area (Å²) in [5, 5.41) is 1.03. The van der Waals surface area contributed by atoms with Crippen molar-refractivity contribution in [3.63, 3.8) is 0 Å². The van der Waals surface area contributed by atoms with E-state index in [-0.39, 0.29) is 29.9 Å². The molecule has 0 spiro atoms. The van der Waals surface area contributed by atoms with Gasteiger partial charge < -0.3 is 14.6 Å². The predicted octanol–water partition coefficient (Wildman–Crippen LogP) is 5.62. The number of likely N-dealkylation sites (tertiary alicyclic amines) is 1. The fourth-order valence-corrected chi connectivity index (χ4v) is 5.41. The number of benzene rings is 2. The molecule has 5 rings (SSSR count). The summed E-state index contributed by atoms with van der Waals surface area (Å²) in [7, 11) is 0. The lowest BCUT2D eigenvalue weighted by Gasteiger charge is -2.51. The number of nitrogens with one attached hydrogen (secondary N) is 1. The van der Waals surface area contributed by atoms with Gasteiger partial charge in [-0.15, -0.1) is 0 Å². The van der Waals surface area contributed by atoms with Gasteiger partial charge >= 0.3 is 6.09 Å². The maximum Gasteiger partial charge on any atom is 0.410 e. The van der Waals surface area contributed by atoms with Gasteiger partial charge in [-0.3, -0.25) is 4.79 Å². The number of H-pyrrole nitrogens is 1. The molecule has 1 unspecified atom stereocenters. The monoisotopic (exact) mass is 402 g/mol. The first kappa shape index (κ1) is 18.9. The number of para-hydroxylation sites is 1. The summed E-state index contributed by atoms with van der Waals surface area (Å²) in [5.41, 5.74) is 3.31. The van der Waals surface area contributed by atoms with Crippen LogP contribution in [-0.2, 0) is 11.3 Å². The third-order valence-electron chi connectivity index (χ3n) is 6.92. The van der Waals surface area contributed by atoms with Crippen LogP contribution in [0, 0.1) is 5.41 Å². The van der Waals surface area contributed by atoms with E-state index >= 15 is 0 Å². The molecule has 5 nitrogen and oxygen atoms in total. The Hall–Kier alpha value is -3.08. The highest BCUT2D eigenvalue weighted by Gasteiger charge is 2.52. The molecule has 1 fully saturated rings. The summed E-state index contributed by atoms with van der Waals surface area (Å²) in [6.07, 6.45) is 2.85. The molecule has 0 saturated carbocycles. The molecular weight excluding hydrogens is 376 g/mol. The Morgan fingerprint density at radius 2 is 1.93 bits per heavy atom. The number of rotatable bonds is 3. The van der Waals surface area contributed by atoms with Crippen molar-refractivity contribution >= 4 is 22.8 Å². The van der Waals surface area contributed by atoms with Gasteiger partial charge in [0.25, 0.3) is 0 Å². The molecule has 1 aliphatic heterocycles. The van der Waals surface area contributed by atoms with Gasteiger partial charge in [0, 0.05) is 34.8 Å². The zero-order valence-corrected chi connectivity index (χ0v) is 17.2. The molecule has 2 aliphatic rings. The van der Waals surface area contributed by atoms with Gasteiger partial charge in [-0.25, -0.2) is 4.79 Å². The van der Waals surface area contributed by atoms with Crippen molar-refractivity contribution in [2.45, 2.75) is 45.3 Å². The van der Waals surface area contributed by atoms with Crippen molar-refractivity contribution in [1.29, 1.82) is 0 Å². The number of piperidine rings is 1. The number of Topliss-reactive ketones (excluding diaryl/α,β-unsaturated/α-hetero) is 1. The lowest BCUT2D eigenvalue weighted by atomic mass is 9.62. The van der Waals surface area contributed by atoms with Crippen LogP contribution < -0.4 is 0 Å². The average Bonchev–Trinajstić information content (AvgIpc) is 3.18. The number of hydrogen-bond donors (Lipinski definition) is 1. The quantitative estimate of drug-likeness (QED) is 0.618. The third kappa shape index (κ3) is 2.92. The van der Waals surface area contributed by atoms with Crippen LogP contribution in [-0.4, -0.2) is 28.3 Å². The van der Waals surface area contributed by atoms with Crippen LogP contribution in [0.15, 0.2) is 54.6 Å². The molecule has 2 atom stereocenters. The smallest absolute Gasteiger partial charge is 0.410 e. The summed E-state index contributed by atoms with van der Waals surface area (Å²) in [6.45, 7) is 3.04. The highest BCUT2D eigenvalue weighted by atomic mass is 16.6. The van der Waals surface area contributed by atoms with Gasteiger partial charge in [-0.05, 0) is 30.9 Å². The number of carbonyl (C=O) groups is 2. The molecule has 2 heterocycles. The first-order valence-corrected chi connectivity index (χ1v) is 10.7. The minimum Gasteiger partial charge on any atom is -0.445 e. The van der Waals surface area contributed by atoms with Gasteiger partial charge in [-0.1, -0.05) is 55.5 Å². The molecule has 1 amide bonds. The van der Waals surface area contributed by atoms with Crippen molar-refractivity contribution in [3.05, 3.63) is 71.4 Å². The Morgan fingerprint density at radius 1 is 1.17 bits per heavy atom. The lowest BCUT2D eigenvalue weighted by Crippen LogP contribution is -2.51. The number of ether oxygens (including phenoxy) is 1. The van der Waals surface area contributed by atoms with E-state index in [1.165, 1.54) is 0 Å². The third-order valence-corrected chi connectivity index (χ3v) is 6.92. The molecule has 1 saturated heterocycles. The highest BCUT2D eigenvalue weighted by Crippen LogP contribution is 2.56. The number of carbonyl (C=O) groups excluding carboxylic acids is 2. The second-order valence-electron chi connectivity index (χ2n) is 8.51. The predicted molar refractivity (Wildman–Crippen MR) is 115 cm³/mol. The van der Waals surface area contributed by atoms with E-state index in [1.807, 2.05) is 59.5 Å². The van der Waals surface area contributed by atoms with Crippen LogP contribution in [0.3, 0.4) is 0 Å². The van der Waals surface area contributed by atoms with Crippen LogP contribution in [0.4, 0.5) is 4.79 Å². The van der Waals surface area contributed by atoms with Gasteiger partial charge in [0.05, 0.1) is 11.7 Å². The molecule has 0 radical (unpaired) electrons. The Bertz CT molecular complexity index is 1100. The van der Waals surface area contributed by atoms with Crippen molar-refractivity contribution < 1.29 is 14.3 Å². The Morgan fingerprint density at radius 3 is 2.73 bits per heavy atom. The molecule has 5 heteroatoms. The second kappa shape index (κ2) is 7.31. The van der Waals surface area contributed by atoms with E-state index in [9.17, 15) is 9.59 Å². The van der Waals surface area contributed by atoms with E-state index in [2.05, 4.69) is 11.9 Å². The zero-order chi connectivity index (χ0) is 20.7. The average molecular weight is 402 g/mol. The standard InChI is InChI=1S/C25H26N2O3/c1-2-25-13-8-14-27(24(29)30-16-17-9-4-3-5-10-17)23(25)21-18-11-6-7-12-19(18)26-22(21)20(28)15-25/h3-7,9-12,23,26H,2,8,13-16H2,1H3/t23?,25-/m1/s1. The molecular formula is C25H26N2O3. The maximum atomic E-state index is 13.2. The summed E-state index contributed by atoms with van der Waals surface area (Å²) in [5.74, 6) is 0.152. The molecule has 1 aliphatic carbocycles. The number of nitrogens with zero attached hydrogens (tertiary/aromatic N) is 1. The van der Waals surface area contributed by atoms with E-state index in [0.717, 1.165) is 41.3 Å². The number of fused-ring (bicyclic) bond motifs is 5. The molecule has 1 aromatic heterocycles. The lowest BCUT2D eigenvalue weighted by molar-refractivity contribution is -0.00690. The summed E-state index contributed by atoms with van der Waals surface area (Å²) in [4.78, 5) is 31.5. The van der Waals surface area contributed by atoms with Gasteiger partial charge in [0.2, 0.25) is 0 Å². The van der Waals surface area contributed by atoms with Gasteiger partial charge in [-0.2, -0.15) is 0 Å². The highest BCUT2D eigenvalue weighted by molar-refractivity contribution is 6.04. The Kier molecular flexibility index (Phi) is 4.61. The second-order valence-corrected chi connectivity index (χ2v) is 8.51. The SMILES string of the molecule is CC[C@]12CCCN(C(=O)OCc3ccccc3)C1c1c([nH]c3ccccc13)C(=O)C2. The number of hydrogen-bond acceptors (Lipinski definition) is 3. The summed E-state index contributed by atoms with van der Waals surface area (Å²) in [6, 6.07) is 17.6. The molecule has 154 valence electrons. The van der Waals surface area contributed by atoms with Crippen molar-refractivity contribution in [3.8, 4) is 0 Å². The van der Waals surface area contributed by atoms with Crippen LogP contribution in [0.25, 0.3) is 10.9 Å². The summed E-state index contributed by atoms with van der Waals surface area (Å²) >= 11 is 0. The van der Waals surface area contributed by atoms with Gasteiger partial charge in [0.15, 0.2) is 5.78 Å². The van der Waals surface area contributed by atoms with Crippen molar-refractivity contribution in [1.82, 2.24) is 9.88 Å². The number of amides is 1. The normalized spacial score (nSPS) is 23.2. The van der Waals surface area contributed by atoms with Crippen molar-refractivity contribution in [2.24, 2.45) is 5.41 Å². The fraction of sp³-hybridized carbons (Fsp3) is 0.360. The van der Waals surface area contributed by atoms with E-state index < -0.39 is 0 Å². The van der Waals surface area contributed by atoms with E-state index in [4.69, 9.17) is 4.74 Å². The Labute approximate surface area is 176 Å². The van der Waals surface area contributed by atoms with Crippen molar-refractivity contribution in [2.75, 3.05) is 6.54 Å². The molecule has 2 aromatic carbocycles. The van der Waals surface area contributed by atoms with Crippen LogP contribution in [0.1, 0.15) is 60.3 Å². The van der Waals surface area contributed by atoms with Crippen LogP contribution >= 0.6 is 0 Å². The topological polar surface area (TPSA) is 62.4 Å². The molecule has 3 aromatic rings. The number of aromatic amines is 1. The largest absolute Gasteiger partial charge is 0.445 e. The first-order chi connectivity index (χ1) is 14.6. The summed E-state index contributed by atoms with van der Waals surface area (Å²) < 4.78 is 5.73. The number of ketones is 1. The minimum atomic E-state index is -0.299. The fourth-order valence-electron chi connectivity index (χ4n) is 5.41. The van der Waals surface area contributed by atoms with Gasteiger partial charge in [0.1, 0.15) is 6.61 Å². The Balaban J connectivity index is 1.55. The molecule has 0 bridgehead atoms. The number of aromatic nitrogens is 1. The van der Waals surface area contributed by atoms with Crippen LogP contribution in [0.2, 0.25) is 0 Å². The van der Waals surface area contributed by atoms with E-state index in [0.29, 0.717) is 18.7 Å². The van der Waals surface area contributed by atoms with E-state index in [1.54, 1.807) is 0 Å². The van der Waals surface area contributed by atoms with Crippen LogP contribution in [0.5, 0.6) is 0 Å². The zero-order valence-electron chi connectivity index (χ0n) is 17.2. The first-order valence-electron chi connectivity index (χ1n) is 10.7.